The van der Waals surface area contributed by atoms with Gasteiger partial charge in [-0.1, -0.05) is 19.1 Å². The van der Waals surface area contributed by atoms with E-state index in [0.29, 0.717) is 89.5 Å². The number of amides is 2. The van der Waals surface area contributed by atoms with E-state index in [2.05, 4.69) is 25.0 Å². The van der Waals surface area contributed by atoms with Gasteiger partial charge in [0.05, 0.1) is 22.6 Å². The van der Waals surface area contributed by atoms with Crippen molar-refractivity contribution in [2.24, 2.45) is 5.92 Å². The van der Waals surface area contributed by atoms with Crippen LogP contribution in [0.3, 0.4) is 0 Å². The van der Waals surface area contributed by atoms with Crippen molar-refractivity contribution >= 4 is 45.0 Å². The summed E-state index contributed by atoms with van der Waals surface area (Å²) in [5, 5.41) is 25.6. The van der Waals surface area contributed by atoms with Gasteiger partial charge in [-0.05, 0) is 136 Å². The summed E-state index contributed by atoms with van der Waals surface area (Å²) in [5.74, 6) is -1.77. The molecule has 0 saturated carbocycles. The average molecular weight is 921 g/mol. The summed E-state index contributed by atoms with van der Waals surface area (Å²) in [6.07, 6.45) is 8.44. The number of pyridine rings is 1. The number of likely N-dealkylation sites (tertiary alicyclic amines) is 2. The number of nitrogens with one attached hydrogen (secondary N) is 1. The number of piperidine rings is 4. The lowest BCUT2D eigenvalue weighted by molar-refractivity contribution is -0.134. The van der Waals surface area contributed by atoms with Crippen molar-refractivity contribution in [3.05, 3.63) is 77.2 Å². The van der Waals surface area contributed by atoms with Crippen LogP contribution in [0.2, 0.25) is 0 Å². The number of carbonyl (C=O) groups is 2. The molecule has 0 bridgehead atoms. The van der Waals surface area contributed by atoms with E-state index < -0.39 is 23.2 Å². The number of halogens is 3. The summed E-state index contributed by atoms with van der Waals surface area (Å²) in [5.41, 5.74) is 0.802. The van der Waals surface area contributed by atoms with Gasteiger partial charge in [-0.15, -0.1) is 0 Å². The Kier molecular flexibility index (Phi) is 12.5. The number of phenols is 1. The molecule has 10 rings (SSSR count). The number of aromatic hydroxyl groups is 1. The highest BCUT2D eigenvalue weighted by Gasteiger charge is 2.36. The molecule has 0 aliphatic carbocycles. The van der Waals surface area contributed by atoms with Crippen molar-refractivity contribution in [2.75, 3.05) is 68.7 Å². The van der Waals surface area contributed by atoms with E-state index in [1.54, 1.807) is 19.1 Å². The second-order valence-electron chi connectivity index (χ2n) is 19.7. The highest BCUT2D eigenvalue weighted by atomic mass is 19.1. The summed E-state index contributed by atoms with van der Waals surface area (Å²) in [7, 11) is 0. The maximum Gasteiger partial charge on any atom is 0.319 e. The molecule has 16 heteroatoms. The van der Waals surface area contributed by atoms with E-state index >= 15 is 13.2 Å². The average Bonchev–Trinajstić information content (AvgIpc) is 3.77. The van der Waals surface area contributed by atoms with Gasteiger partial charge in [-0.3, -0.25) is 24.8 Å². The third-order valence-corrected chi connectivity index (χ3v) is 15.0. The van der Waals surface area contributed by atoms with Gasteiger partial charge in [0.25, 0.3) is 0 Å². The number of carbonyl (C=O) groups excluding carboxylic acids is 2. The van der Waals surface area contributed by atoms with Crippen molar-refractivity contribution in [1.82, 2.24) is 30.1 Å². The van der Waals surface area contributed by atoms with Gasteiger partial charge in [0, 0.05) is 70.0 Å². The first-order chi connectivity index (χ1) is 32.3. The first kappa shape index (κ1) is 45.2. The minimum Gasteiger partial charge on any atom is -0.508 e. The Balaban J connectivity index is 0.788. The number of β-amino-alcohol motifs (C(OH)–C–C–N with tert-alkyl or cyclic N) is 1. The number of nitrogens with zero attached hydrogens (tertiary/aromatic N) is 7. The second kappa shape index (κ2) is 18.5. The fourth-order valence-corrected chi connectivity index (χ4v) is 11.5. The molecule has 5 aromatic rings. The number of aryl methyl sites for hydroxylation is 1. The van der Waals surface area contributed by atoms with Crippen molar-refractivity contribution < 1.29 is 37.7 Å². The van der Waals surface area contributed by atoms with Crippen LogP contribution in [-0.4, -0.2) is 123 Å². The fourth-order valence-electron chi connectivity index (χ4n) is 11.5. The molecule has 3 N–H and O–H groups in total. The molecule has 13 nitrogen and oxygen atoms in total. The predicted molar refractivity (Wildman–Crippen MR) is 250 cm³/mol. The summed E-state index contributed by atoms with van der Waals surface area (Å²) >= 11 is 0. The van der Waals surface area contributed by atoms with Crippen LogP contribution in [0.15, 0.2) is 48.7 Å². The Morgan fingerprint density at radius 1 is 0.896 bits per heavy atom. The molecule has 5 saturated heterocycles. The normalized spacial score (nSPS) is 24.0. The van der Waals surface area contributed by atoms with Crippen LogP contribution in [0.1, 0.15) is 88.7 Å². The van der Waals surface area contributed by atoms with Crippen LogP contribution < -0.4 is 19.9 Å². The molecule has 354 valence electrons. The molecule has 3 aromatic carbocycles. The van der Waals surface area contributed by atoms with Crippen molar-refractivity contribution in [1.29, 1.82) is 0 Å². The molecule has 3 atom stereocenters. The van der Waals surface area contributed by atoms with Gasteiger partial charge in [0.1, 0.15) is 40.5 Å². The highest BCUT2D eigenvalue weighted by molar-refractivity contribution is 6.02. The van der Waals surface area contributed by atoms with Crippen molar-refractivity contribution in [3.63, 3.8) is 0 Å². The van der Waals surface area contributed by atoms with Crippen LogP contribution in [0.25, 0.3) is 32.9 Å². The van der Waals surface area contributed by atoms with E-state index in [4.69, 9.17) is 14.7 Å². The van der Waals surface area contributed by atoms with E-state index in [9.17, 15) is 19.8 Å². The molecule has 2 unspecified atom stereocenters. The van der Waals surface area contributed by atoms with Gasteiger partial charge in [-0.2, -0.15) is 9.97 Å². The first-order valence-electron chi connectivity index (χ1n) is 24.1. The predicted octanol–water partition coefficient (Wildman–Crippen LogP) is 7.24. The SMILES string of the molecule is CCc1c(F)ccc2cc(O)cc(-c3ncc4c(N5CCC[C@@](C)(O)C5)nc(OC5CCN(C6CCN(CC7CCN(c8ccc(C9CCC(=O)NC9=O)cc8F)CC7)CC6)C5)nc4c3F)c12. The first-order valence-corrected chi connectivity index (χ1v) is 24.1. The number of aromatic nitrogens is 3. The Hall–Kier alpha value is -5.58. The van der Waals surface area contributed by atoms with Crippen LogP contribution in [0.4, 0.5) is 24.7 Å². The van der Waals surface area contributed by atoms with Gasteiger partial charge in [0.15, 0.2) is 5.82 Å². The van der Waals surface area contributed by atoms with Crippen LogP contribution in [-0.2, 0) is 16.0 Å². The summed E-state index contributed by atoms with van der Waals surface area (Å²) < 4.78 is 54.2. The molecule has 5 aliphatic rings. The standard InChI is InChI=1S/C51H59F3N8O5/c1-3-36-40(52)8-5-32-23-34(63)25-38(44(32)36)46-45(54)47-39(26-55-46)48(62-17-4-16-51(2,66)29-62)58-50(57-47)67-35-15-22-61(28-35)33-13-18-59(19-14-33)27-30-11-20-60(21-12-30)42-9-6-31(24-41(42)53)37-7-10-43(64)56-49(37)65/h5-6,8-9,23-26,30,33,35,37,63,66H,3-4,7,10-22,27-29H2,1-2H3,(H,56,64,65)/t35?,37?,51-/m1/s1. The molecule has 7 heterocycles. The maximum absolute atomic E-state index is 17.1. The van der Waals surface area contributed by atoms with Gasteiger partial charge >= 0.3 is 6.01 Å². The molecule has 5 fully saturated rings. The number of benzene rings is 3. The quantitative estimate of drug-likeness (QED) is 0.122. The summed E-state index contributed by atoms with van der Waals surface area (Å²) in [4.78, 5) is 47.2. The number of hydrogen-bond acceptors (Lipinski definition) is 12. The molecule has 0 spiro atoms. The molecular formula is C51H59F3N8O5. The second-order valence-corrected chi connectivity index (χ2v) is 19.7. The largest absolute Gasteiger partial charge is 0.508 e. The maximum atomic E-state index is 17.1. The van der Waals surface area contributed by atoms with Crippen LogP contribution in [0, 0.1) is 23.4 Å². The molecule has 67 heavy (non-hydrogen) atoms. The lowest BCUT2D eigenvalue weighted by Crippen LogP contribution is -2.47. The van der Waals surface area contributed by atoms with Gasteiger partial charge < -0.3 is 29.6 Å². The third kappa shape index (κ3) is 9.24. The van der Waals surface area contributed by atoms with Gasteiger partial charge in [-0.25, -0.2) is 13.2 Å². The number of aliphatic hydroxyl groups is 1. The Morgan fingerprint density at radius 3 is 2.45 bits per heavy atom. The third-order valence-electron chi connectivity index (χ3n) is 15.0. The minimum atomic E-state index is -0.972. The van der Waals surface area contributed by atoms with Crippen LogP contribution in [0.5, 0.6) is 11.8 Å². The zero-order chi connectivity index (χ0) is 46.6. The van der Waals surface area contributed by atoms with Crippen molar-refractivity contribution in [3.8, 4) is 23.0 Å². The van der Waals surface area contributed by atoms with E-state index in [-0.39, 0.29) is 65.2 Å². The zero-order valence-electron chi connectivity index (χ0n) is 38.2. The summed E-state index contributed by atoms with van der Waals surface area (Å²) in [6.45, 7) is 10.6. The Morgan fingerprint density at radius 2 is 1.70 bits per heavy atom. The zero-order valence-corrected chi connectivity index (χ0v) is 38.2. The number of rotatable bonds is 10. The molecule has 0 radical (unpaired) electrons. The minimum absolute atomic E-state index is 0.00177. The fraction of sp³-hybridized carbons (Fsp3) is 0.510. The number of ether oxygens (including phenoxy) is 1. The van der Waals surface area contributed by atoms with E-state index in [1.165, 1.54) is 30.5 Å². The molecule has 2 aromatic heterocycles. The monoisotopic (exact) mass is 920 g/mol. The molecular weight excluding hydrogens is 862 g/mol. The van der Waals surface area contributed by atoms with E-state index in [1.807, 2.05) is 17.9 Å². The number of phenolic OH excluding ortho intramolecular Hbond substituents is 1. The number of imide groups is 1. The smallest absolute Gasteiger partial charge is 0.319 e. The number of anilines is 2. The highest BCUT2D eigenvalue weighted by Crippen LogP contribution is 2.40. The van der Waals surface area contributed by atoms with Crippen LogP contribution >= 0.6 is 0 Å². The Labute approximate surface area is 388 Å². The topological polar surface area (TPSA) is 147 Å². The molecule has 5 aliphatic heterocycles. The van der Waals surface area contributed by atoms with Gasteiger partial charge in [0.2, 0.25) is 11.8 Å². The lowest BCUT2D eigenvalue weighted by atomic mass is 9.90. The van der Waals surface area contributed by atoms with Crippen molar-refractivity contribution in [2.45, 2.75) is 102 Å². The number of fused-ring (bicyclic) bond motifs is 2. The Bertz CT molecular complexity index is 2710. The number of hydrogen-bond donors (Lipinski definition) is 3. The molecule has 2 amide bonds. The lowest BCUT2D eigenvalue weighted by Gasteiger charge is -2.40. The van der Waals surface area contributed by atoms with E-state index in [0.717, 1.165) is 71.4 Å². The summed E-state index contributed by atoms with van der Waals surface area (Å²) in [6, 6.07) is 11.4.